The highest BCUT2D eigenvalue weighted by molar-refractivity contribution is 5.67. The number of aliphatic carboxylic acids is 1. The van der Waals surface area contributed by atoms with E-state index in [1.807, 2.05) is 0 Å². The van der Waals surface area contributed by atoms with Crippen LogP contribution in [0.2, 0.25) is 0 Å². The molecule has 0 aromatic carbocycles. The molecule has 0 aromatic heterocycles. The van der Waals surface area contributed by atoms with E-state index in [4.69, 9.17) is 5.11 Å². The number of carboxylic acids is 1. The Morgan fingerprint density at radius 3 is 2.92 bits per heavy atom. The van der Waals surface area contributed by atoms with Crippen molar-refractivity contribution in [3.63, 3.8) is 0 Å². The Morgan fingerprint density at radius 1 is 1.58 bits per heavy atom. The van der Waals surface area contributed by atoms with Crippen molar-refractivity contribution in [2.75, 3.05) is 13.1 Å². The van der Waals surface area contributed by atoms with Gasteiger partial charge in [-0.25, -0.2) is 0 Å². The molecular weight excluding hydrogens is 154 g/mol. The summed E-state index contributed by atoms with van der Waals surface area (Å²) >= 11 is 0. The fourth-order valence-electron chi connectivity index (χ4n) is 1.95. The van der Waals surface area contributed by atoms with E-state index in [1.54, 1.807) is 0 Å². The van der Waals surface area contributed by atoms with Gasteiger partial charge in [0.15, 0.2) is 0 Å². The topological polar surface area (TPSA) is 49.3 Å². The molecule has 2 atom stereocenters. The van der Waals surface area contributed by atoms with E-state index in [2.05, 4.69) is 12.2 Å². The van der Waals surface area contributed by atoms with Crippen molar-refractivity contribution in [2.45, 2.75) is 26.2 Å². The molecule has 0 spiro atoms. The predicted octanol–water partition coefficient (Wildman–Crippen LogP) is 1.10. The number of rotatable bonds is 3. The zero-order valence-electron chi connectivity index (χ0n) is 7.55. The molecular formula is C9H17NO2. The highest BCUT2D eigenvalue weighted by Gasteiger charge is 2.25. The number of carboxylic acid groups (broad SMARTS) is 1. The maximum Gasteiger partial charge on any atom is 0.303 e. The summed E-state index contributed by atoms with van der Waals surface area (Å²) in [5.41, 5.74) is 0. The summed E-state index contributed by atoms with van der Waals surface area (Å²) in [5, 5.41) is 12.0. The van der Waals surface area contributed by atoms with Gasteiger partial charge in [0.1, 0.15) is 0 Å². The number of carbonyl (C=O) groups is 1. The van der Waals surface area contributed by atoms with Gasteiger partial charge in [-0.3, -0.25) is 4.79 Å². The van der Waals surface area contributed by atoms with E-state index in [-0.39, 0.29) is 0 Å². The first kappa shape index (κ1) is 9.52. The zero-order chi connectivity index (χ0) is 8.97. The summed E-state index contributed by atoms with van der Waals surface area (Å²) in [6.45, 7) is 4.11. The van der Waals surface area contributed by atoms with Crippen molar-refractivity contribution in [1.82, 2.24) is 5.32 Å². The molecule has 3 nitrogen and oxygen atoms in total. The van der Waals surface area contributed by atoms with Gasteiger partial charge in [0.2, 0.25) is 0 Å². The van der Waals surface area contributed by atoms with E-state index >= 15 is 0 Å². The lowest BCUT2D eigenvalue weighted by atomic mass is 9.82. The van der Waals surface area contributed by atoms with Crippen LogP contribution in [0.3, 0.4) is 0 Å². The average Bonchev–Trinajstić information content (AvgIpc) is 2.04. The van der Waals surface area contributed by atoms with Crippen LogP contribution in [0, 0.1) is 11.8 Å². The van der Waals surface area contributed by atoms with Crippen molar-refractivity contribution in [3.05, 3.63) is 0 Å². The molecule has 12 heavy (non-hydrogen) atoms. The van der Waals surface area contributed by atoms with Gasteiger partial charge >= 0.3 is 5.97 Å². The molecule has 1 fully saturated rings. The highest BCUT2D eigenvalue weighted by atomic mass is 16.4. The van der Waals surface area contributed by atoms with Crippen LogP contribution in [0.5, 0.6) is 0 Å². The molecule has 1 heterocycles. The quantitative estimate of drug-likeness (QED) is 0.668. The van der Waals surface area contributed by atoms with Crippen LogP contribution < -0.4 is 5.32 Å². The van der Waals surface area contributed by atoms with Crippen LogP contribution in [-0.4, -0.2) is 24.2 Å². The van der Waals surface area contributed by atoms with E-state index in [9.17, 15) is 4.79 Å². The van der Waals surface area contributed by atoms with E-state index < -0.39 is 5.97 Å². The van der Waals surface area contributed by atoms with Gasteiger partial charge in [-0.2, -0.15) is 0 Å². The maximum absolute atomic E-state index is 10.5. The fraction of sp³-hybridized carbons (Fsp3) is 0.889. The first-order valence-corrected chi connectivity index (χ1v) is 4.66. The Bertz CT molecular complexity index is 159. The van der Waals surface area contributed by atoms with Gasteiger partial charge in [-0.15, -0.1) is 0 Å². The third kappa shape index (κ3) is 2.48. The largest absolute Gasteiger partial charge is 0.481 e. The van der Waals surface area contributed by atoms with Gasteiger partial charge < -0.3 is 10.4 Å². The molecule has 0 aromatic rings. The smallest absolute Gasteiger partial charge is 0.303 e. The molecule has 2 unspecified atom stereocenters. The number of hydrogen-bond acceptors (Lipinski definition) is 2. The normalized spacial score (nSPS) is 30.1. The monoisotopic (exact) mass is 171 g/mol. The minimum Gasteiger partial charge on any atom is -0.481 e. The second-order valence-electron chi connectivity index (χ2n) is 3.52. The standard InChI is InChI=1S/C9H17NO2/c1-2-7-6-10-4-3-8(7)5-9(11)12/h7-8,10H,2-6H2,1H3,(H,11,12). The van der Waals surface area contributed by atoms with E-state index in [1.165, 1.54) is 0 Å². The minimum atomic E-state index is -0.652. The SMILES string of the molecule is CCC1CNCCC1CC(=O)O. The summed E-state index contributed by atoms with van der Waals surface area (Å²) in [6, 6.07) is 0. The van der Waals surface area contributed by atoms with Crippen LogP contribution in [0.1, 0.15) is 26.2 Å². The van der Waals surface area contributed by atoms with Crippen molar-refractivity contribution in [3.8, 4) is 0 Å². The Labute approximate surface area is 73.2 Å². The Hall–Kier alpha value is -0.570. The molecule has 0 bridgehead atoms. The molecule has 2 N–H and O–H groups in total. The summed E-state index contributed by atoms with van der Waals surface area (Å²) in [7, 11) is 0. The van der Waals surface area contributed by atoms with Crippen LogP contribution in [0.15, 0.2) is 0 Å². The molecule has 1 aliphatic heterocycles. The summed E-state index contributed by atoms with van der Waals surface area (Å²) in [6.07, 6.45) is 2.45. The predicted molar refractivity (Wildman–Crippen MR) is 47.0 cm³/mol. The van der Waals surface area contributed by atoms with E-state index in [0.717, 1.165) is 25.9 Å². The molecule has 3 heteroatoms. The van der Waals surface area contributed by atoms with Gasteiger partial charge in [0.25, 0.3) is 0 Å². The van der Waals surface area contributed by atoms with Crippen molar-refractivity contribution in [1.29, 1.82) is 0 Å². The Morgan fingerprint density at radius 2 is 2.33 bits per heavy atom. The lowest BCUT2D eigenvalue weighted by molar-refractivity contribution is -0.138. The number of nitrogens with one attached hydrogen (secondary N) is 1. The average molecular weight is 171 g/mol. The van der Waals surface area contributed by atoms with Gasteiger partial charge in [0, 0.05) is 6.42 Å². The third-order valence-corrected chi connectivity index (χ3v) is 2.73. The fourth-order valence-corrected chi connectivity index (χ4v) is 1.95. The number of piperidine rings is 1. The van der Waals surface area contributed by atoms with E-state index in [0.29, 0.717) is 18.3 Å². The molecule has 0 saturated carbocycles. The first-order valence-electron chi connectivity index (χ1n) is 4.66. The molecule has 0 aliphatic carbocycles. The molecule has 1 rings (SSSR count). The molecule has 1 saturated heterocycles. The first-order chi connectivity index (χ1) is 5.74. The van der Waals surface area contributed by atoms with Gasteiger partial charge in [-0.05, 0) is 31.3 Å². The van der Waals surface area contributed by atoms with Crippen LogP contribution >= 0.6 is 0 Å². The second-order valence-corrected chi connectivity index (χ2v) is 3.52. The molecule has 70 valence electrons. The van der Waals surface area contributed by atoms with Crippen LogP contribution in [-0.2, 0) is 4.79 Å². The molecule has 0 radical (unpaired) electrons. The third-order valence-electron chi connectivity index (χ3n) is 2.73. The minimum absolute atomic E-state index is 0.347. The van der Waals surface area contributed by atoms with Crippen LogP contribution in [0.4, 0.5) is 0 Å². The molecule has 0 amide bonds. The zero-order valence-corrected chi connectivity index (χ0v) is 7.55. The summed E-state index contributed by atoms with van der Waals surface area (Å²) in [5.74, 6) is 0.309. The van der Waals surface area contributed by atoms with Gasteiger partial charge in [0.05, 0.1) is 0 Å². The summed E-state index contributed by atoms with van der Waals surface area (Å²) < 4.78 is 0. The van der Waals surface area contributed by atoms with Crippen LogP contribution in [0.25, 0.3) is 0 Å². The molecule has 1 aliphatic rings. The van der Waals surface area contributed by atoms with Crippen molar-refractivity contribution < 1.29 is 9.90 Å². The lowest BCUT2D eigenvalue weighted by Crippen LogP contribution is -2.37. The van der Waals surface area contributed by atoms with Crippen molar-refractivity contribution in [2.24, 2.45) is 11.8 Å². The number of hydrogen-bond donors (Lipinski definition) is 2. The summed E-state index contributed by atoms with van der Waals surface area (Å²) in [4.78, 5) is 10.5. The highest BCUT2D eigenvalue weighted by Crippen LogP contribution is 2.24. The lowest BCUT2D eigenvalue weighted by Gasteiger charge is -2.30. The maximum atomic E-state index is 10.5. The Kier molecular flexibility index (Phi) is 3.53. The van der Waals surface area contributed by atoms with Gasteiger partial charge in [-0.1, -0.05) is 13.3 Å². The second kappa shape index (κ2) is 4.45. The Balaban J connectivity index is 2.41. The van der Waals surface area contributed by atoms with Crippen molar-refractivity contribution >= 4 is 5.97 Å².